The summed E-state index contributed by atoms with van der Waals surface area (Å²) < 4.78 is 1.66. The summed E-state index contributed by atoms with van der Waals surface area (Å²) in [6.45, 7) is 4.15. The predicted octanol–water partition coefficient (Wildman–Crippen LogP) is 1.36. The Morgan fingerprint density at radius 1 is 1.50 bits per heavy atom. The molecule has 68 valence electrons. The average molecular weight is 189 g/mol. The number of rotatable bonds is 2. The van der Waals surface area contributed by atoms with Gasteiger partial charge in [-0.3, -0.25) is 5.73 Å². The van der Waals surface area contributed by atoms with Crippen molar-refractivity contribution in [2.45, 2.75) is 26.7 Å². The van der Waals surface area contributed by atoms with Gasteiger partial charge in [0.2, 0.25) is 0 Å². The molecule has 1 aliphatic rings. The van der Waals surface area contributed by atoms with Crippen LogP contribution in [0.5, 0.6) is 0 Å². The largest absolute Gasteiger partial charge is 0.288 e. The van der Waals surface area contributed by atoms with Gasteiger partial charge >= 0.3 is 0 Å². The summed E-state index contributed by atoms with van der Waals surface area (Å²) in [5, 5.41) is 4.74. The van der Waals surface area contributed by atoms with Crippen molar-refractivity contribution >= 4 is 22.6 Å². The van der Waals surface area contributed by atoms with E-state index in [-0.39, 0.29) is 5.41 Å². The maximum atomic E-state index is 6.03. The second-order valence-corrected chi connectivity index (χ2v) is 3.45. The first-order chi connectivity index (χ1) is 5.58. The third kappa shape index (κ3) is 1.04. The third-order valence-corrected chi connectivity index (χ3v) is 3.12. The standard InChI is InChI=1S/C8H14ClN3/c1-4-8(5-2)6(9)11-12(3)7(8)10/h10H,4-5H2,1-3H3/p+1. The number of halogens is 1. The van der Waals surface area contributed by atoms with E-state index in [1.807, 2.05) is 7.05 Å². The van der Waals surface area contributed by atoms with Crippen LogP contribution in [0.3, 0.4) is 0 Å². The van der Waals surface area contributed by atoms with Crippen LogP contribution in [0, 0.1) is 5.41 Å². The molecule has 0 aromatic rings. The highest BCUT2D eigenvalue weighted by Gasteiger charge is 2.46. The second-order valence-electron chi connectivity index (χ2n) is 3.09. The van der Waals surface area contributed by atoms with E-state index >= 15 is 0 Å². The van der Waals surface area contributed by atoms with E-state index in [2.05, 4.69) is 18.9 Å². The summed E-state index contributed by atoms with van der Waals surface area (Å²) >= 11 is 6.03. The van der Waals surface area contributed by atoms with Gasteiger partial charge in [-0.25, -0.2) is 0 Å². The van der Waals surface area contributed by atoms with Gasteiger partial charge < -0.3 is 0 Å². The van der Waals surface area contributed by atoms with Gasteiger partial charge in [-0.2, -0.15) is 0 Å². The Morgan fingerprint density at radius 3 is 2.17 bits per heavy atom. The van der Waals surface area contributed by atoms with Crippen LogP contribution in [0.15, 0.2) is 5.10 Å². The Balaban J connectivity index is 3.13. The smallest absolute Gasteiger partial charge is 0.281 e. The lowest BCUT2D eigenvalue weighted by molar-refractivity contribution is -0.501. The highest BCUT2D eigenvalue weighted by Crippen LogP contribution is 2.33. The molecule has 0 bridgehead atoms. The van der Waals surface area contributed by atoms with Gasteiger partial charge in [0.15, 0.2) is 5.17 Å². The fraction of sp³-hybridized carbons (Fsp3) is 0.750. The molecular weight excluding hydrogens is 174 g/mol. The van der Waals surface area contributed by atoms with Crippen LogP contribution >= 0.6 is 11.6 Å². The van der Waals surface area contributed by atoms with Crippen LogP contribution in [0.4, 0.5) is 0 Å². The Labute approximate surface area is 77.9 Å². The normalized spacial score (nSPS) is 21.5. The average Bonchev–Trinajstić information content (AvgIpc) is 2.26. The molecule has 0 saturated carbocycles. The molecule has 0 radical (unpaired) electrons. The van der Waals surface area contributed by atoms with E-state index in [1.165, 1.54) is 0 Å². The Kier molecular flexibility index (Phi) is 2.42. The van der Waals surface area contributed by atoms with E-state index in [0.717, 1.165) is 18.7 Å². The zero-order valence-corrected chi connectivity index (χ0v) is 8.52. The molecule has 1 heterocycles. The van der Waals surface area contributed by atoms with Crippen molar-refractivity contribution in [3.63, 3.8) is 0 Å². The van der Waals surface area contributed by atoms with Crippen molar-refractivity contribution in [1.29, 1.82) is 0 Å². The summed E-state index contributed by atoms with van der Waals surface area (Å²) in [6.07, 6.45) is 1.81. The fourth-order valence-electron chi connectivity index (χ4n) is 1.60. The van der Waals surface area contributed by atoms with Gasteiger partial charge in [0.25, 0.3) is 5.84 Å². The molecule has 1 aliphatic heterocycles. The minimum Gasteiger partial charge on any atom is -0.288 e. The summed E-state index contributed by atoms with van der Waals surface area (Å²) in [6, 6.07) is 0. The van der Waals surface area contributed by atoms with Gasteiger partial charge in [0, 0.05) is 0 Å². The van der Waals surface area contributed by atoms with E-state index < -0.39 is 0 Å². The number of amidine groups is 1. The maximum Gasteiger partial charge on any atom is 0.281 e. The molecule has 12 heavy (non-hydrogen) atoms. The van der Waals surface area contributed by atoms with Crippen LogP contribution in [0.2, 0.25) is 0 Å². The first kappa shape index (κ1) is 9.52. The van der Waals surface area contributed by atoms with Crippen LogP contribution < -0.4 is 5.73 Å². The van der Waals surface area contributed by atoms with Crippen molar-refractivity contribution in [2.24, 2.45) is 16.3 Å². The fourth-order valence-corrected chi connectivity index (χ4v) is 2.08. The molecule has 0 atom stereocenters. The number of nitrogens with zero attached hydrogens (tertiary/aromatic N) is 2. The third-order valence-electron chi connectivity index (χ3n) is 2.68. The molecule has 0 saturated heterocycles. The van der Waals surface area contributed by atoms with E-state index in [4.69, 9.17) is 17.3 Å². The zero-order chi connectivity index (χ0) is 9.35. The van der Waals surface area contributed by atoms with Crippen molar-refractivity contribution in [3.05, 3.63) is 0 Å². The molecule has 1 rings (SSSR count). The summed E-state index contributed by atoms with van der Waals surface area (Å²) in [4.78, 5) is 0. The van der Waals surface area contributed by atoms with Gasteiger partial charge in [-0.05, 0) is 12.8 Å². The van der Waals surface area contributed by atoms with Gasteiger partial charge in [0.05, 0.1) is 0 Å². The van der Waals surface area contributed by atoms with Crippen LogP contribution in [0.1, 0.15) is 26.7 Å². The first-order valence-corrected chi connectivity index (χ1v) is 4.57. The van der Waals surface area contributed by atoms with Crippen LogP contribution in [0.25, 0.3) is 0 Å². The molecule has 0 amide bonds. The number of hydrazone groups is 1. The van der Waals surface area contributed by atoms with Gasteiger partial charge in [0.1, 0.15) is 12.5 Å². The van der Waals surface area contributed by atoms with E-state index in [1.54, 1.807) is 4.68 Å². The van der Waals surface area contributed by atoms with Crippen LogP contribution in [-0.4, -0.2) is 22.7 Å². The monoisotopic (exact) mass is 188 g/mol. The Bertz CT molecular complexity index is 251. The second kappa shape index (κ2) is 3.05. The highest BCUT2D eigenvalue weighted by molar-refractivity contribution is 6.68. The molecular formula is C8H15ClN3+. The molecule has 0 aromatic heterocycles. The van der Waals surface area contributed by atoms with Gasteiger partial charge in [-0.15, -0.1) is 4.68 Å². The number of hydrogen-bond donors (Lipinski definition) is 1. The molecule has 0 aliphatic carbocycles. The van der Waals surface area contributed by atoms with Crippen molar-refractivity contribution in [1.82, 2.24) is 0 Å². The number of hydrogen-bond acceptors (Lipinski definition) is 2. The molecule has 4 heteroatoms. The molecule has 2 N–H and O–H groups in total. The van der Waals surface area contributed by atoms with Crippen molar-refractivity contribution in [3.8, 4) is 0 Å². The summed E-state index contributed by atoms with van der Waals surface area (Å²) in [7, 11) is 1.82. The van der Waals surface area contributed by atoms with Crippen molar-refractivity contribution < 1.29 is 4.68 Å². The van der Waals surface area contributed by atoms with Crippen molar-refractivity contribution in [2.75, 3.05) is 7.05 Å². The lowest BCUT2D eigenvalue weighted by Crippen LogP contribution is -2.40. The summed E-state index contributed by atoms with van der Waals surface area (Å²) in [5.74, 6) is 0.762. The van der Waals surface area contributed by atoms with Gasteiger partial charge in [-0.1, -0.05) is 30.5 Å². The minimum atomic E-state index is -0.198. The highest BCUT2D eigenvalue weighted by atomic mass is 35.5. The Morgan fingerprint density at radius 2 is 2.00 bits per heavy atom. The van der Waals surface area contributed by atoms with E-state index in [0.29, 0.717) is 5.17 Å². The molecule has 0 spiro atoms. The Hall–Kier alpha value is -0.570. The molecule has 0 fully saturated rings. The summed E-state index contributed by atoms with van der Waals surface area (Å²) in [5.41, 5.74) is 5.71. The number of nitrogens with two attached hydrogens (primary N) is 1. The van der Waals surface area contributed by atoms with Crippen LogP contribution in [-0.2, 0) is 0 Å². The van der Waals surface area contributed by atoms with E-state index in [9.17, 15) is 0 Å². The SMILES string of the molecule is CCC1(CC)C(Cl)=N[N+](C)=C1N. The topological polar surface area (TPSA) is 41.4 Å². The molecule has 0 unspecified atom stereocenters. The minimum absolute atomic E-state index is 0.198. The lowest BCUT2D eigenvalue weighted by Gasteiger charge is -2.20. The molecule has 3 nitrogen and oxygen atoms in total. The molecule has 0 aromatic carbocycles. The maximum absolute atomic E-state index is 6.03. The zero-order valence-electron chi connectivity index (χ0n) is 7.76. The lowest BCUT2D eigenvalue weighted by atomic mass is 9.83. The quantitative estimate of drug-likeness (QED) is 0.654. The predicted molar refractivity (Wildman–Crippen MR) is 51.7 cm³/mol. The first-order valence-electron chi connectivity index (χ1n) is 4.19.